The van der Waals surface area contributed by atoms with Crippen LogP contribution in [-0.2, 0) is 0 Å². The maximum Gasteiger partial charge on any atom is 0.123 e. The molecule has 0 heterocycles. The van der Waals surface area contributed by atoms with Gasteiger partial charge in [-0.25, -0.2) is 4.39 Å². The Morgan fingerprint density at radius 1 is 1.12 bits per heavy atom. The Bertz CT molecular complexity index is 756. The lowest BCUT2D eigenvalue weighted by Gasteiger charge is -2.10. The van der Waals surface area contributed by atoms with Gasteiger partial charge in [0.2, 0.25) is 0 Å². The average Bonchev–Trinajstić information content (AvgIpc) is 2.60. The van der Waals surface area contributed by atoms with Gasteiger partial charge in [-0.2, -0.15) is 0 Å². The third-order valence-corrected chi connectivity index (χ3v) is 4.08. The summed E-state index contributed by atoms with van der Waals surface area (Å²) in [6.45, 7) is 18.3. The number of aliphatic imine (C=N–C) groups is 1. The monoisotopic (exact) mass is 351 g/mol. The molecule has 0 fully saturated rings. The van der Waals surface area contributed by atoms with Crippen LogP contribution in [0.1, 0.15) is 46.6 Å². The minimum Gasteiger partial charge on any atom is -0.253 e. The molecule has 2 heteroatoms. The first-order valence-corrected chi connectivity index (χ1v) is 8.96. The highest BCUT2D eigenvalue weighted by atomic mass is 19.1. The SMILES string of the molecule is C=CC(=C\C(C=C)=C(/C)CC(C)C)/C(C)=N\C(=C/C)c1ccc(F)cc1. The van der Waals surface area contributed by atoms with Gasteiger partial charge in [-0.05, 0) is 80.2 Å². The molecule has 0 spiro atoms. The molecule has 26 heavy (non-hydrogen) atoms. The van der Waals surface area contributed by atoms with Gasteiger partial charge < -0.3 is 0 Å². The van der Waals surface area contributed by atoms with Crippen LogP contribution in [0.15, 0.2) is 83.4 Å². The molecule has 1 aromatic carbocycles. The Morgan fingerprint density at radius 2 is 1.73 bits per heavy atom. The van der Waals surface area contributed by atoms with Gasteiger partial charge in [0, 0.05) is 5.71 Å². The van der Waals surface area contributed by atoms with Crippen molar-refractivity contribution in [2.75, 3.05) is 0 Å². The van der Waals surface area contributed by atoms with E-state index < -0.39 is 0 Å². The molecule has 0 aromatic heterocycles. The molecule has 0 atom stereocenters. The second-order valence-electron chi connectivity index (χ2n) is 6.72. The molecule has 0 bridgehead atoms. The largest absolute Gasteiger partial charge is 0.253 e. The smallest absolute Gasteiger partial charge is 0.123 e. The molecule has 0 radical (unpaired) electrons. The molecule has 0 N–H and O–H groups in total. The van der Waals surface area contributed by atoms with Crippen molar-refractivity contribution in [3.63, 3.8) is 0 Å². The van der Waals surface area contributed by atoms with Gasteiger partial charge in [0.25, 0.3) is 0 Å². The standard InChI is InChI=1S/C24H30FN/c1-8-20(18(6)15-17(4)5)16-21(9-2)19(7)26-24(10-3)22-11-13-23(25)14-12-22/h8-14,16-17H,1-2,15H2,3-7H3/b20-18+,21-16+,24-10-,26-19-. The van der Waals surface area contributed by atoms with Gasteiger partial charge in [0.1, 0.15) is 5.82 Å². The summed E-state index contributed by atoms with van der Waals surface area (Å²) in [5.41, 5.74) is 5.89. The van der Waals surface area contributed by atoms with Crippen LogP contribution in [0, 0.1) is 11.7 Å². The van der Waals surface area contributed by atoms with E-state index in [1.54, 1.807) is 12.1 Å². The lowest BCUT2D eigenvalue weighted by Crippen LogP contribution is -1.98. The van der Waals surface area contributed by atoms with Crippen molar-refractivity contribution in [1.82, 2.24) is 0 Å². The average molecular weight is 352 g/mol. The van der Waals surface area contributed by atoms with Crippen molar-refractivity contribution >= 4 is 11.4 Å². The summed E-state index contributed by atoms with van der Waals surface area (Å²) >= 11 is 0. The molecule has 1 aromatic rings. The molecule has 0 saturated carbocycles. The zero-order chi connectivity index (χ0) is 19.7. The van der Waals surface area contributed by atoms with Crippen molar-refractivity contribution in [3.8, 4) is 0 Å². The molecule has 0 saturated heterocycles. The van der Waals surface area contributed by atoms with Crippen LogP contribution in [0.4, 0.5) is 4.39 Å². The molecule has 0 aliphatic rings. The minimum absolute atomic E-state index is 0.252. The first kappa shape index (κ1) is 21.6. The molecule has 1 rings (SSSR count). The van der Waals surface area contributed by atoms with Gasteiger partial charge in [0.05, 0.1) is 5.70 Å². The third kappa shape index (κ3) is 6.44. The summed E-state index contributed by atoms with van der Waals surface area (Å²) in [5, 5.41) is 0. The van der Waals surface area contributed by atoms with Crippen LogP contribution in [0.3, 0.4) is 0 Å². The number of benzene rings is 1. The lowest BCUT2D eigenvalue weighted by atomic mass is 9.97. The van der Waals surface area contributed by atoms with Gasteiger partial charge in [0.15, 0.2) is 0 Å². The molecular weight excluding hydrogens is 321 g/mol. The fourth-order valence-corrected chi connectivity index (χ4v) is 2.73. The number of halogens is 1. The van der Waals surface area contributed by atoms with Gasteiger partial charge in [-0.1, -0.05) is 50.8 Å². The Hall–Kier alpha value is -2.48. The number of hydrogen-bond donors (Lipinski definition) is 0. The van der Waals surface area contributed by atoms with E-state index in [0.717, 1.165) is 34.5 Å². The first-order chi connectivity index (χ1) is 12.3. The van der Waals surface area contributed by atoms with E-state index in [1.165, 1.54) is 17.7 Å². The van der Waals surface area contributed by atoms with Crippen LogP contribution in [0.25, 0.3) is 5.70 Å². The van der Waals surface area contributed by atoms with Gasteiger partial charge in [-0.3, -0.25) is 4.99 Å². The highest BCUT2D eigenvalue weighted by molar-refractivity contribution is 6.03. The first-order valence-electron chi connectivity index (χ1n) is 8.96. The summed E-state index contributed by atoms with van der Waals surface area (Å²) in [6, 6.07) is 6.37. The summed E-state index contributed by atoms with van der Waals surface area (Å²) < 4.78 is 13.2. The molecule has 138 valence electrons. The highest BCUT2D eigenvalue weighted by Crippen LogP contribution is 2.21. The van der Waals surface area contributed by atoms with Crippen LogP contribution >= 0.6 is 0 Å². The molecule has 0 amide bonds. The van der Waals surface area contributed by atoms with Crippen molar-refractivity contribution in [1.29, 1.82) is 0 Å². The summed E-state index contributed by atoms with van der Waals surface area (Å²) in [4.78, 5) is 4.73. The predicted molar refractivity (Wildman–Crippen MR) is 114 cm³/mol. The van der Waals surface area contributed by atoms with Crippen molar-refractivity contribution in [2.24, 2.45) is 10.9 Å². The lowest BCUT2D eigenvalue weighted by molar-refractivity contribution is 0.627. The third-order valence-electron chi connectivity index (χ3n) is 4.08. The van der Waals surface area contributed by atoms with Crippen LogP contribution in [0.5, 0.6) is 0 Å². The molecule has 0 aliphatic heterocycles. The Labute approximate surface area is 158 Å². The van der Waals surface area contributed by atoms with Crippen LogP contribution < -0.4 is 0 Å². The van der Waals surface area contributed by atoms with E-state index >= 15 is 0 Å². The van der Waals surface area contributed by atoms with E-state index in [0.29, 0.717) is 5.92 Å². The number of allylic oxidation sites excluding steroid dienone is 7. The molecule has 1 nitrogen and oxygen atoms in total. The fourth-order valence-electron chi connectivity index (χ4n) is 2.73. The predicted octanol–water partition coefficient (Wildman–Crippen LogP) is 7.31. The van der Waals surface area contributed by atoms with Crippen LogP contribution in [-0.4, -0.2) is 5.71 Å². The Morgan fingerprint density at radius 3 is 2.19 bits per heavy atom. The second kappa shape index (κ2) is 10.5. The molecular formula is C24H30FN. The summed E-state index contributed by atoms with van der Waals surface area (Å²) in [5.74, 6) is 0.339. The number of nitrogens with zero attached hydrogens (tertiary/aromatic N) is 1. The zero-order valence-corrected chi connectivity index (χ0v) is 16.6. The topological polar surface area (TPSA) is 12.4 Å². The van der Waals surface area contributed by atoms with E-state index in [9.17, 15) is 4.39 Å². The number of hydrogen-bond acceptors (Lipinski definition) is 1. The van der Waals surface area contributed by atoms with Crippen molar-refractivity contribution < 1.29 is 4.39 Å². The zero-order valence-electron chi connectivity index (χ0n) is 16.6. The highest BCUT2D eigenvalue weighted by Gasteiger charge is 2.05. The minimum atomic E-state index is -0.252. The van der Waals surface area contributed by atoms with E-state index in [2.05, 4.69) is 40.0 Å². The summed E-state index contributed by atoms with van der Waals surface area (Å²) in [7, 11) is 0. The van der Waals surface area contributed by atoms with Crippen molar-refractivity contribution in [2.45, 2.75) is 41.0 Å². The van der Waals surface area contributed by atoms with E-state index in [4.69, 9.17) is 4.99 Å². The van der Waals surface area contributed by atoms with E-state index in [1.807, 2.05) is 32.1 Å². The fraction of sp³-hybridized carbons (Fsp3) is 0.292. The maximum atomic E-state index is 13.2. The summed E-state index contributed by atoms with van der Waals surface area (Å²) in [6.07, 6.45) is 8.71. The van der Waals surface area contributed by atoms with Gasteiger partial charge in [-0.15, -0.1) is 0 Å². The molecule has 0 unspecified atom stereocenters. The molecule has 0 aliphatic carbocycles. The van der Waals surface area contributed by atoms with E-state index in [-0.39, 0.29) is 5.82 Å². The second-order valence-corrected chi connectivity index (χ2v) is 6.72. The van der Waals surface area contributed by atoms with Gasteiger partial charge >= 0.3 is 0 Å². The Kier molecular flexibility index (Phi) is 8.71. The maximum absolute atomic E-state index is 13.2. The van der Waals surface area contributed by atoms with Crippen molar-refractivity contribution in [3.05, 3.63) is 89.8 Å². The quantitative estimate of drug-likeness (QED) is 0.344. The number of rotatable bonds is 8. The van der Waals surface area contributed by atoms with Crippen LogP contribution in [0.2, 0.25) is 0 Å². The normalized spacial score (nSPS) is 14.3. The Balaban J connectivity index is 3.25.